The zero-order valence-corrected chi connectivity index (χ0v) is 12.6. The van der Waals surface area contributed by atoms with E-state index in [1.54, 1.807) is 29.7 Å². The van der Waals surface area contributed by atoms with Crippen LogP contribution in [0.1, 0.15) is 11.3 Å². The molecule has 3 nitrogen and oxygen atoms in total. The number of carbonyl (C=O) groups is 1. The molecule has 0 bridgehead atoms. The quantitative estimate of drug-likeness (QED) is 0.851. The topological polar surface area (TPSA) is 42.0 Å². The normalized spacial score (nSPS) is 10.8. The maximum absolute atomic E-state index is 11.6. The van der Waals surface area contributed by atoms with E-state index < -0.39 is 0 Å². The summed E-state index contributed by atoms with van der Waals surface area (Å²) in [6, 6.07) is 7.75. The van der Waals surface area contributed by atoms with E-state index in [4.69, 9.17) is 0 Å². The number of hydrogen-bond donors (Lipinski definition) is 1. The highest BCUT2D eigenvalue weighted by atomic mass is 79.9. The Morgan fingerprint density at radius 3 is 3.05 bits per heavy atom. The van der Waals surface area contributed by atoms with E-state index >= 15 is 0 Å². The standard InChI is InChI=1S/C14H13BrN2OS/c15-13-9-11(10-19-13)4-5-14(18)17-8-6-12-3-1-2-7-16-12/h1-5,7,9-10H,6,8H2,(H,17,18). The molecule has 1 N–H and O–H groups in total. The lowest BCUT2D eigenvalue weighted by molar-refractivity contribution is -0.116. The van der Waals surface area contributed by atoms with Crippen LogP contribution < -0.4 is 5.32 Å². The Hall–Kier alpha value is -1.46. The van der Waals surface area contributed by atoms with Crippen LogP contribution in [0, 0.1) is 0 Å². The van der Waals surface area contributed by atoms with Crippen LogP contribution in [0.2, 0.25) is 0 Å². The van der Waals surface area contributed by atoms with Gasteiger partial charge in [-0.05, 0) is 51.1 Å². The molecule has 5 heteroatoms. The minimum atomic E-state index is -0.0850. The van der Waals surface area contributed by atoms with Crippen molar-refractivity contribution in [2.75, 3.05) is 6.54 Å². The van der Waals surface area contributed by atoms with Crippen molar-refractivity contribution in [2.24, 2.45) is 0 Å². The van der Waals surface area contributed by atoms with Crippen LogP contribution >= 0.6 is 27.3 Å². The summed E-state index contributed by atoms with van der Waals surface area (Å²) >= 11 is 4.98. The number of thiophene rings is 1. The lowest BCUT2D eigenvalue weighted by Gasteiger charge is -2.01. The second kappa shape index (κ2) is 7.21. The molecule has 98 valence electrons. The van der Waals surface area contributed by atoms with Gasteiger partial charge in [0.2, 0.25) is 5.91 Å². The first-order chi connectivity index (χ1) is 9.24. The van der Waals surface area contributed by atoms with Gasteiger partial charge < -0.3 is 5.32 Å². The molecular weight excluding hydrogens is 324 g/mol. The smallest absolute Gasteiger partial charge is 0.244 e. The number of nitrogens with one attached hydrogen (secondary N) is 1. The van der Waals surface area contributed by atoms with Gasteiger partial charge in [0.1, 0.15) is 0 Å². The summed E-state index contributed by atoms with van der Waals surface area (Å²) in [6.07, 6.45) is 5.85. The third-order valence-corrected chi connectivity index (χ3v) is 3.94. The fraction of sp³-hybridized carbons (Fsp3) is 0.143. The molecule has 0 saturated carbocycles. The zero-order chi connectivity index (χ0) is 13.5. The Balaban J connectivity index is 1.74. The van der Waals surface area contributed by atoms with Crippen LogP contribution in [0.5, 0.6) is 0 Å². The summed E-state index contributed by atoms with van der Waals surface area (Å²) in [5.41, 5.74) is 2.00. The van der Waals surface area contributed by atoms with Crippen LogP contribution in [0.3, 0.4) is 0 Å². The van der Waals surface area contributed by atoms with Gasteiger partial charge in [0.15, 0.2) is 0 Å². The first-order valence-electron chi connectivity index (χ1n) is 5.84. The minimum Gasteiger partial charge on any atom is -0.352 e. The maximum Gasteiger partial charge on any atom is 0.244 e. The highest BCUT2D eigenvalue weighted by molar-refractivity contribution is 9.11. The summed E-state index contributed by atoms with van der Waals surface area (Å²) in [7, 11) is 0. The molecule has 0 atom stereocenters. The summed E-state index contributed by atoms with van der Waals surface area (Å²) in [5, 5.41) is 4.82. The highest BCUT2D eigenvalue weighted by Gasteiger charge is 1.98. The average molecular weight is 337 g/mol. The second-order valence-corrected chi connectivity index (χ2v) is 6.17. The SMILES string of the molecule is O=C(C=Cc1csc(Br)c1)NCCc1ccccn1. The van der Waals surface area contributed by atoms with Crippen molar-refractivity contribution < 1.29 is 4.79 Å². The molecule has 0 saturated heterocycles. The summed E-state index contributed by atoms with van der Waals surface area (Å²) in [6.45, 7) is 0.591. The minimum absolute atomic E-state index is 0.0850. The van der Waals surface area contributed by atoms with Crippen molar-refractivity contribution in [2.45, 2.75) is 6.42 Å². The van der Waals surface area contributed by atoms with E-state index in [9.17, 15) is 4.79 Å². The lowest BCUT2D eigenvalue weighted by Crippen LogP contribution is -2.23. The number of carbonyl (C=O) groups excluding carboxylic acids is 1. The van der Waals surface area contributed by atoms with Gasteiger partial charge in [-0.15, -0.1) is 11.3 Å². The van der Waals surface area contributed by atoms with E-state index in [2.05, 4.69) is 26.2 Å². The molecule has 2 aromatic rings. The van der Waals surface area contributed by atoms with Gasteiger partial charge in [0.25, 0.3) is 0 Å². The number of aromatic nitrogens is 1. The fourth-order valence-corrected chi connectivity index (χ4v) is 2.65. The molecule has 0 radical (unpaired) electrons. The molecule has 2 aromatic heterocycles. The number of amides is 1. The van der Waals surface area contributed by atoms with Crippen LogP contribution in [0.4, 0.5) is 0 Å². The molecule has 0 aliphatic rings. The first kappa shape index (κ1) is 14.0. The third kappa shape index (κ3) is 4.96. The molecule has 0 spiro atoms. The van der Waals surface area contributed by atoms with E-state index in [1.165, 1.54) is 0 Å². The number of nitrogens with zero attached hydrogens (tertiary/aromatic N) is 1. The molecule has 0 aromatic carbocycles. The van der Waals surface area contributed by atoms with Crippen LogP contribution in [0.25, 0.3) is 6.08 Å². The summed E-state index contributed by atoms with van der Waals surface area (Å²) in [5.74, 6) is -0.0850. The van der Waals surface area contributed by atoms with Crippen molar-refractivity contribution >= 4 is 39.2 Å². The van der Waals surface area contributed by atoms with Crippen molar-refractivity contribution in [3.8, 4) is 0 Å². The number of pyridine rings is 1. The molecule has 0 fully saturated rings. The molecule has 0 unspecified atom stereocenters. The molecule has 2 rings (SSSR count). The molecule has 0 aliphatic heterocycles. The third-order valence-electron chi connectivity index (χ3n) is 2.42. The van der Waals surface area contributed by atoms with Gasteiger partial charge in [0, 0.05) is 30.9 Å². The average Bonchev–Trinajstić information content (AvgIpc) is 2.83. The van der Waals surface area contributed by atoms with Gasteiger partial charge >= 0.3 is 0 Å². The van der Waals surface area contributed by atoms with Crippen molar-refractivity contribution in [3.63, 3.8) is 0 Å². The Kier molecular flexibility index (Phi) is 5.30. The second-order valence-electron chi connectivity index (χ2n) is 3.88. The van der Waals surface area contributed by atoms with Crippen LogP contribution in [0.15, 0.2) is 45.7 Å². The molecule has 0 aliphatic carbocycles. The Morgan fingerprint density at radius 1 is 1.47 bits per heavy atom. The van der Waals surface area contributed by atoms with Crippen LogP contribution in [-0.4, -0.2) is 17.4 Å². The zero-order valence-electron chi connectivity index (χ0n) is 10.2. The fourth-order valence-electron chi connectivity index (χ4n) is 1.50. The summed E-state index contributed by atoms with van der Waals surface area (Å²) in [4.78, 5) is 15.8. The van der Waals surface area contributed by atoms with E-state index in [0.717, 1.165) is 21.5 Å². The Bertz CT molecular complexity index is 566. The van der Waals surface area contributed by atoms with Crippen molar-refractivity contribution in [1.82, 2.24) is 10.3 Å². The van der Waals surface area contributed by atoms with E-state index in [-0.39, 0.29) is 5.91 Å². The number of hydrogen-bond acceptors (Lipinski definition) is 3. The molecule has 1 amide bonds. The molecule has 19 heavy (non-hydrogen) atoms. The summed E-state index contributed by atoms with van der Waals surface area (Å²) < 4.78 is 1.06. The monoisotopic (exact) mass is 336 g/mol. The number of halogens is 1. The first-order valence-corrected chi connectivity index (χ1v) is 7.51. The molecular formula is C14H13BrN2OS. The van der Waals surface area contributed by atoms with Gasteiger partial charge in [-0.25, -0.2) is 0 Å². The Morgan fingerprint density at radius 2 is 2.37 bits per heavy atom. The van der Waals surface area contributed by atoms with Gasteiger partial charge in [-0.1, -0.05) is 6.07 Å². The molecule has 2 heterocycles. The highest BCUT2D eigenvalue weighted by Crippen LogP contribution is 2.21. The van der Waals surface area contributed by atoms with Crippen LogP contribution in [-0.2, 0) is 11.2 Å². The predicted molar refractivity (Wildman–Crippen MR) is 82.0 cm³/mol. The predicted octanol–water partition coefficient (Wildman–Crippen LogP) is 3.28. The van der Waals surface area contributed by atoms with E-state index in [0.29, 0.717) is 6.54 Å². The van der Waals surface area contributed by atoms with Gasteiger partial charge in [-0.2, -0.15) is 0 Å². The van der Waals surface area contributed by atoms with Crippen molar-refractivity contribution in [3.05, 3.63) is 57.0 Å². The van der Waals surface area contributed by atoms with Gasteiger partial charge in [0.05, 0.1) is 3.79 Å². The number of rotatable bonds is 5. The largest absolute Gasteiger partial charge is 0.352 e. The maximum atomic E-state index is 11.6. The van der Waals surface area contributed by atoms with Crippen molar-refractivity contribution in [1.29, 1.82) is 0 Å². The van der Waals surface area contributed by atoms with Gasteiger partial charge in [-0.3, -0.25) is 9.78 Å². The van der Waals surface area contributed by atoms with E-state index in [1.807, 2.05) is 29.6 Å². The lowest BCUT2D eigenvalue weighted by atomic mass is 10.2. The Labute approximate surface area is 124 Å².